The predicted molar refractivity (Wildman–Crippen MR) is 75.7 cm³/mol. The quantitative estimate of drug-likeness (QED) is 0.704. The summed E-state index contributed by atoms with van der Waals surface area (Å²) < 4.78 is 1.67. The van der Waals surface area contributed by atoms with Gasteiger partial charge in [0, 0.05) is 38.1 Å². The molecule has 0 fully saturated rings. The molecule has 3 aromatic heterocycles. The molecule has 0 saturated heterocycles. The van der Waals surface area contributed by atoms with E-state index in [1.54, 1.807) is 16.9 Å². The maximum Gasteiger partial charge on any atom is 0.173 e. The van der Waals surface area contributed by atoms with E-state index in [1.807, 2.05) is 37.3 Å². The van der Waals surface area contributed by atoms with Gasteiger partial charge in [0.15, 0.2) is 5.65 Å². The summed E-state index contributed by atoms with van der Waals surface area (Å²) in [5.74, 6) is 0. The van der Waals surface area contributed by atoms with Gasteiger partial charge in [0.05, 0.1) is 17.4 Å². The minimum absolute atomic E-state index is 0.467. The van der Waals surface area contributed by atoms with Gasteiger partial charge in [0.25, 0.3) is 0 Å². The standard InChI is InChI=1S/C14H12N6/c1-19(2)6-4-12-11-9-17-14-10(7-15)8-18-20(14)13(11)3-5-16-12/h3-6,8-9H,1-2H3/b6-4-. The summed E-state index contributed by atoms with van der Waals surface area (Å²) in [4.78, 5) is 10.6. The number of nitriles is 1. The van der Waals surface area contributed by atoms with Crippen LogP contribution in [-0.2, 0) is 0 Å². The van der Waals surface area contributed by atoms with E-state index in [2.05, 4.69) is 21.1 Å². The second kappa shape index (κ2) is 4.63. The van der Waals surface area contributed by atoms with Crippen LogP contribution in [-0.4, -0.2) is 38.6 Å². The predicted octanol–water partition coefficient (Wildman–Crippen LogP) is 1.68. The van der Waals surface area contributed by atoms with Crippen LogP contribution in [0.1, 0.15) is 11.3 Å². The Morgan fingerprint density at radius 3 is 2.90 bits per heavy atom. The van der Waals surface area contributed by atoms with Gasteiger partial charge >= 0.3 is 0 Å². The van der Waals surface area contributed by atoms with Gasteiger partial charge < -0.3 is 4.90 Å². The van der Waals surface area contributed by atoms with E-state index < -0.39 is 0 Å². The molecule has 6 heteroatoms. The van der Waals surface area contributed by atoms with Gasteiger partial charge in [-0.3, -0.25) is 4.98 Å². The zero-order valence-electron chi connectivity index (χ0n) is 11.1. The molecule has 3 rings (SSSR count). The molecule has 0 aromatic carbocycles. The summed E-state index contributed by atoms with van der Waals surface area (Å²) in [6, 6.07) is 3.95. The summed E-state index contributed by atoms with van der Waals surface area (Å²) in [5.41, 5.74) is 2.73. The van der Waals surface area contributed by atoms with Gasteiger partial charge in [0.1, 0.15) is 11.6 Å². The van der Waals surface area contributed by atoms with Crippen LogP contribution < -0.4 is 0 Å². The van der Waals surface area contributed by atoms with Crippen LogP contribution in [0.25, 0.3) is 22.6 Å². The molecule has 0 radical (unpaired) electrons. The van der Waals surface area contributed by atoms with Crippen molar-refractivity contribution in [2.24, 2.45) is 0 Å². The van der Waals surface area contributed by atoms with Crippen molar-refractivity contribution in [3.63, 3.8) is 0 Å². The van der Waals surface area contributed by atoms with Gasteiger partial charge in [0.2, 0.25) is 0 Å². The van der Waals surface area contributed by atoms with Crippen molar-refractivity contribution in [3.8, 4) is 6.07 Å². The van der Waals surface area contributed by atoms with Crippen LogP contribution in [0.5, 0.6) is 0 Å². The number of nitrogens with zero attached hydrogens (tertiary/aromatic N) is 6. The fraction of sp³-hybridized carbons (Fsp3) is 0.143. The second-order valence-electron chi connectivity index (χ2n) is 4.57. The zero-order valence-corrected chi connectivity index (χ0v) is 11.1. The number of aromatic nitrogens is 4. The normalized spacial score (nSPS) is 11.2. The second-order valence-corrected chi connectivity index (χ2v) is 4.57. The molecule has 0 amide bonds. The van der Waals surface area contributed by atoms with Crippen LogP contribution in [0.15, 0.2) is 30.9 Å². The van der Waals surface area contributed by atoms with E-state index in [0.29, 0.717) is 11.2 Å². The lowest BCUT2D eigenvalue weighted by Gasteiger charge is -2.05. The Hall–Kier alpha value is -2.94. The number of fused-ring (bicyclic) bond motifs is 3. The van der Waals surface area contributed by atoms with E-state index in [1.165, 1.54) is 6.20 Å². The molecule has 0 unspecified atom stereocenters. The van der Waals surface area contributed by atoms with Crippen LogP contribution >= 0.6 is 0 Å². The Morgan fingerprint density at radius 1 is 1.30 bits per heavy atom. The monoisotopic (exact) mass is 264 g/mol. The minimum atomic E-state index is 0.467. The Morgan fingerprint density at radius 2 is 2.15 bits per heavy atom. The lowest BCUT2D eigenvalue weighted by atomic mass is 10.2. The zero-order chi connectivity index (χ0) is 14.1. The molecule has 0 bridgehead atoms. The largest absolute Gasteiger partial charge is 0.383 e. The lowest BCUT2D eigenvalue weighted by molar-refractivity contribution is 0.567. The fourth-order valence-electron chi connectivity index (χ4n) is 2.00. The molecule has 0 spiro atoms. The first kappa shape index (κ1) is 12.1. The van der Waals surface area contributed by atoms with Gasteiger partial charge in [-0.1, -0.05) is 0 Å². The number of pyridine rings is 1. The third-order valence-electron chi connectivity index (χ3n) is 2.94. The molecule has 98 valence electrons. The van der Waals surface area contributed by atoms with Crippen molar-refractivity contribution < 1.29 is 0 Å². The Kier molecular flexibility index (Phi) is 2.80. The van der Waals surface area contributed by atoms with Gasteiger partial charge in [-0.25, -0.2) is 9.50 Å². The van der Waals surface area contributed by atoms with Crippen molar-refractivity contribution in [2.75, 3.05) is 14.1 Å². The maximum absolute atomic E-state index is 9.02. The Labute approximate surface area is 115 Å². The first-order chi connectivity index (χ1) is 9.70. The van der Waals surface area contributed by atoms with E-state index in [9.17, 15) is 0 Å². The van der Waals surface area contributed by atoms with Crippen molar-refractivity contribution >= 4 is 22.6 Å². The minimum Gasteiger partial charge on any atom is -0.383 e. The van der Waals surface area contributed by atoms with E-state index >= 15 is 0 Å². The summed E-state index contributed by atoms with van der Waals surface area (Å²) in [5, 5.41) is 14.1. The fourth-order valence-corrected chi connectivity index (χ4v) is 2.00. The van der Waals surface area contributed by atoms with E-state index in [-0.39, 0.29) is 0 Å². The number of hydrogen-bond acceptors (Lipinski definition) is 5. The molecule has 20 heavy (non-hydrogen) atoms. The first-order valence-corrected chi connectivity index (χ1v) is 6.07. The molecule has 0 N–H and O–H groups in total. The summed E-state index contributed by atoms with van der Waals surface area (Å²) in [6.45, 7) is 0. The molecule has 0 saturated carbocycles. The molecule has 0 aliphatic heterocycles. The van der Waals surface area contributed by atoms with Crippen LogP contribution in [0.2, 0.25) is 0 Å². The van der Waals surface area contributed by atoms with Crippen molar-refractivity contribution in [1.29, 1.82) is 5.26 Å². The lowest BCUT2D eigenvalue weighted by Crippen LogP contribution is -2.00. The molecular formula is C14H12N6. The molecule has 0 aliphatic carbocycles. The molecule has 0 atom stereocenters. The third-order valence-corrected chi connectivity index (χ3v) is 2.94. The number of hydrogen-bond donors (Lipinski definition) is 0. The first-order valence-electron chi connectivity index (χ1n) is 6.07. The summed E-state index contributed by atoms with van der Waals surface area (Å²) in [6.07, 6.45) is 8.83. The van der Waals surface area contributed by atoms with Crippen molar-refractivity contribution in [3.05, 3.63) is 42.1 Å². The average Bonchev–Trinajstić information content (AvgIpc) is 2.88. The molecule has 0 aliphatic rings. The van der Waals surface area contributed by atoms with Gasteiger partial charge in [-0.15, -0.1) is 0 Å². The highest BCUT2D eigenvalue weighted by molar-refractivity contribution is 5.87. The van der Waals surface area contributed by atoms with Gasteiger partial charge in [-0.2, -0.15) is 10.4 Å². The average molecular weight is 264 g/mol. The topological polar surface area (TPSA) is 70.1 Å². The summed E-state index contributed by atoms with van der Waals surface area (Å²) in [7, 11) is 3.90. The van der Waals surface area contributed by atoms with E-state index in [0.717, 1.165) is 16.6 Å². The number of rotatable bonds is 2. The highest BCUT2D eigenvalue weighted by Gasteiger charge is 2.09. The Balaban J connectivity index is 2.29. The van der Waals surface area contributed by atoms with Crippen LogP contribution in [0.3, 0.4) is 0 Å². The van der Waals surface area contributed by atoms with E-state index in [4.69, 9.17) is 5.26 Å². The molecule has 3 heterocycles. The highest BCUT2D eigenvalue weighted by atomic mass is 15.2. The smallest absolute Gasteiger partial charge is 0.173 e. The maximum atomic E-state index is 9.02. The van der Waals surface area contributed by atoms with Crippen molar-refractivity contribution in [1.82, 2.24) is 24.5 Å². The van der Waals surface area contributed by atoms with Crippen LogP contribution in [0.4, 0.5) is 0 Å². The molecule has 3 aromatic rings. The third kappa shape index (κ3) is 1.86. The summed E-state index contributed by atoms with van der Waals surface area (Å²) >= 11 is 0. The van der Waals surface area contributed by atoms with Crippen LogP contribution in [0, 0.1) is 11.3 Å². The Bertz CT molecular complexity index is 853. The molecular weight excluding hydrogens is 252 g/mol. The van der Waals surface area contributed by atoms with Crippen molar-refractivity contribution in [2.45, 2.75) is 0 Å². The molecule has 6 nitrogen and oxygen atoms in total. The van der Waals surface area contributed by atoms with Gasteiger partial charge in [-0.05, 0) is 12.1 Å². The highest BCUT2D eigenvalue weighted by Crippen LogP contribution is 2.19. The SMILES string of the molecule is CN(C)/C=C\c1nccc2c1cnc1c(C#N)cnn12.